The second-order valence-electron chi connectivity index (χ2n) is 24.1. The number of benzene rings is 2. The second-order valence-corrected chi connectivity index (χ2v) is 24.1. The first-order valence-corrected chi connectivity index (χ1v) is 34.2. The van der Waals surface area contributed by atoms with Crippen molar-refractivity contribution in [2.24, 2.45) is 0 Å². The topological polar surface area (TPSA) is 77.5 Å². The molecular formula is C71H126N2O6. The zero-order valence-corrected chi connectivity index (χ0v) is 53.1. The first-order valence-electron chi connectivity index (χ1n) is 34.2. The molecule has 0 aromatic heterocycles. The van der Waals surface area contributed by atoms with Crippen LogP contribution in [0.15, 0.2) is 48.5 Å². The molecule has 0 saturated heterocycles. The maximum absolute atomic E-state index is 15.0. The fourth-order valence-electron chi connectivity index (χ4n) is 10.9. The molecule has 79 heavy (non-hydrogen) atoms. The number of carbonyl (C=O) groups excluding carboxylic acids is 2. The molecule has 0 aliphatic heterocycles. The highest BCUT2D eigenvalue weighted by molar-refractivity contribution is 6.09. The number of ether oxygens (including phenoxy) is 2. The minimum absolute atomic E-state index is 0.0530. The molecule has 8 nitrogen and oxygen atoms in total. The van der Waals surface area contributed by atoms with Gasteiger partial charge in [0.1, 0.15) is 29.3 Å². The highest BCUT2D eigenvalue weighted by Crippen LogP contribution is 2.35. The standard InChI is InChI=1S/C71H126N2O6/c1-9-13-17-21-25-29-33-37-41-45-53-62(5)76-68-59-51-49-57-66(68)72(78-64(7)55-47-43-39-35-31-27-23-19-15-11-3)70(74)61-71(75)73(79-65(8)56-48-44-40-36-32-28-24-20-16-12-4)67-58-50-52-60-69(67)77-63(6)54-46-42-38-34-30-26-22-18-14-10-2/h49-52,57-60,62-65H,9-48,53-56,61H2,1-8H3. The van der Waals surface area contributed by atoms with Crippen LogP contribution in [-0.2, 0) is 19.3 Å². The Labute approximate surface area is 488 Å². The third-order valence-electron chi connectivity index (χ3n) is 16.0. The minimum atomic E-state index is -0.457. The lowest BCUT2D eigenvalue weighted by Gasteiger charge is -2.30. The van der Waals surface area contributed by atoms with Gasteiger partial charge in [0.2, 0.25) is 0 Å². The number of carbonyl (C=O) groups is 2. The van der Waals surface area contributed by atoms with Crippen molar-refractivity contribution in [3.8, 4) is 11.5 Å². The monoisotopic (exact) mass is 1100 g/mol. The van der Waals surface area contributed by atoms with E-state index in [0.717, 1.165) is 64.2 Å². The number of hydrogen-bond donors (Lipinski definition) is 0. The number of unbranched alkanes of at least 4 members (excludes halogenated alkanes) is 36. The predicted molar refractivity (Wildman–Crippen MR) is 340 cm³/mol. The summed E-state index contributed by atoms with van der Waals surface area (Å²) in [4.78, 5) is 43.3. The van der Waals surface area contributed by atoms with Gasteiger partial charge in [0.25, 0.3) is 11.8 Å². The maximum Gasteiger partial charge on any atom is 0.260 e. The first kappa shape index (κ1) is 72.0. The van der Waals surface area contributed by atoms with Crippen LogP contribution in [0.5, 0.6) is 11.5 Å². The molecule has 456 valence electrons. The number of rotatable bonds is 56. The molecule has 2 aromatic carbocycles. The number of hydroxylamine groups is 2. The molecule has 4 atom stereocenters. The van der Waals surface area contributed by atoms with E-state index in [9.17, 15) is 9.59 Å². The predicted octanol–water partition coefficient (Wildman–Crippen LogP) is 22.9. The van der Waals surface area contributed by atoms with E-state index in [1.165, 1.54) is 228 Å². The van der Waals surface area contributed by atoms with Gasteiger partial charge in [-0.2, -0.15) is 10.1 Å². The molecule has 0 aliphatic rings. The largest absolute Gasteiger partial charge is 0.488 e. The zero-order chi connectivity index (χ0) is 57.2. The molecule has 2 rings (SSSR count). The average molecular weight is 1100 g/mol. The van der Waals surface area contributed by atoms with E-state index >= 15 is 0 Å². The van der Waals surface area contributed by atoms with Gasteiger partial charge in [-0.3, -0.25) is 19.3 Å². The molecule has 0 bridgehead atoms. The van der Waals surface area contributed by atoms with Gasteiger partial charge in [0.05, 0.1) is 24.4 Å². The third kappa shape index (κ3) is 37.6. The quantitative estimate of drug-likeness (QED) is 0.0373. The van der Waals surface area contributed by atoms with Crippen molar-refractivity contribution in [2.75, 3.05) is 10.1 Å². The van der Waals surface area contributed by atoms with Gasteiger partial charge in [-0.15, -0.1) is 0 Å². The Balaban J connectivity index is 2.29. The van der Waals surface area contributed by atoms with Gasteiger partial charge in [-0.25, -0.2) is 0 Å². The highest BCUT2D eigenvalue weighted by atomic mass is 16.7. The minimum Gasteiger partial charge on any atom is -0.488 e. The summed E-state index contributed by atoms with van der Waals surface area (Å²) in [6.45, 7) is 17.4. The average Bonchev–Trinajstić information content (AvgIpc) is 3.47. The Hall–Kier alpha value is -3.10. The molecule has 0 saturated carbocycles. The second kappa shape index (κ2) is 50.6. The molecule has 2 amide bonds. The third-order valence-corrected chi connectivity index (χ3v) is 16.0. The van der Waals surface area contributed by atoms with Crippen molar-refractivity contribution in [3.05, 3.63) is 48.5 Å². The van der Waals surface area contributed by atoms with Crippen LogP contribution in [0.25, 0.3) is 0 Å². The van der Waals surface area contributed by atoms with Gasteiger partial charge in [-0.05, 0) is 90.5 Å². The summed E-state index contributed by atoms with van der Waals surface area (Å²) in [6, 6.07) is 15.4. The fraction of sp³-hybridized carbons (Fsp3) is 0.803. The number of hydrogen-bond acceptors (Lipinski definition) is 6. The van der Waals surface area contributed by atoms with Gasteiger partial charge < -0.3 is 9.47 Å². The Bertz CT molecular complexity index is 1580. The van der Waals surface area contributed by atoms with Crippen LogP contribution in [0.3, 0.4) is 0 Å². The molecule has 0 aliphatic carbocycles. The zero-order valence-electron chi connectivity index (χ0n) is 53.1. The smallest absolute Gasteiger partial charge is 0.260 e. The van der Waals surface area contributed by atoms with Crippen LogP contribution in [0.4, 0.5) is 11.4 Å². The summed E-state index contributed by atoms with van der Waals surface area (Å²) in [5.41, 5.74) is 1.05. The highest BCUT2D eigenvalue weighted by Gasteiger charge is 2.31. The molecule has 2 aromatic rings. The van der Waals surface area contributed by atoms with E-state index in [4.69, 9.17) is 19.1 Å². The number of nitrogens with zero attached hydrogens (tertiary/aromatic N) is 2. The Morgan fingerprint density at radius 2 is 0.532 bits per heavy atom. The van der Waals surface area contributed by atoms with Crippen molar-refractivity contribution >= 4 is 23.2 Å². The summed E-state index contributed by atoms with van der Waals surface area (Å²) >= 11 is 0. The number of amides is 2. The van der Waals surface area contributed by atoms with E-state index in [0.29, 0.717) is 22.9 Å². The summed E-state index contributed by atoms with van der Waals surface area (Å²) < 4.78 is 13.4. The van der Waals surface area contributed by atoms with Gasteiger partial charge >= 0.3 is 0 Å². The van der Waals surface area contributed by atoms with E-state index < -0.39 is 18.2 Å². The lowest BCUT2D eigenvalue weighted by atomic mass is 10.0. The van der Waals surface area contributed by atoms with Gasteiger partial charge in [0.15, 0.2) is 0 Å². The van der Waals surface area contributed by atoms with Crippen molar-refractivity contribution in [1.82, 2.24) is 0 Å². The lowest BCUT2D eigenvalue weighted by molar-refractivity contribution is -0.137. The summed E-state index contributed by atoms with van der Waals surface area (Å²) in [7, 11) is 0. The first-order chi connectivity index (χ1) is 38.6. The molecule has 0 fully saturated rings. The van der Waals surface area contributed by atoms with E-state index in [1.807, 2.05) is 62.4 Å². The van der Waals surface area contributed by atoms with E-state index in [-0.39, 0.29) is 24.4 Å². The van der Waals surface area contributed by atoms with E-state index in [2.05, 4.69) is 41.5 Å². The van der Waals surface area contributed by atoms with Crippen LogP contribution in [0.2, 0.25) is 0 Å². The van der Waals surface area contributed by atoms with Crippen LogP contribution in [0, 0.1) is 0 Å². The van der Waals surface area contributed by atoms with Crippen molar-refractivity contribution in [3.63, 3.8) is 0 Å². The molecule has 0 heterocycles. The Morgan fingerprint density at radius 3 is 0.785 bits per heavy atom. The number of para-hydroxylation sites is 4. The molecule has 0 radical (unpaired) electrons. The SMILES string of the molecule is CCCCCCCCCCCCC(C)Oc1ccccc1N(OC(C)CCCCCCCCCCCC)C(=O)CC(=O)N(OC(C)CCCCCCCCCCCC)c1ccccc1OC(C)CCCCCCCCCCCC. The van der Waals surface area contributed by atoms with Crippen LogP contribution in [-0.4, -0.2) is 36.2 Å². The van der Waals surface area contributed by atoms with Crippen LogP contribution < -0.4 is 19.6 Å². The van der Waals surface area contributed by atoms with E-state index in [1.54, 1.807) is 0 Å². The molecule has 0 N–H and O–H groups in total. The Morgan fingerprint density at radius 1 is 0.316 bits per heavy atom. The normalized spacial score (nSPS) is 13.1. The summed E-state index contributed by atoms with van der Waals surface area (Å²) in [5, 5.41) is 2.73. The van der Waals surface area contributed by atoms with Crippen molar-refractivity contribution in [2.45, 2.75) is 369 Å². The summed E-state index contributed by atoms with van der Waals surface area (Å²) in [6.07, 6.45) is 53.3. The van der Waals surface area contributed by atoms with Crippen LogP contribution in [0.1, 0.15) is 344 Å². The van der Waals surface area contributed by atoms with Crippen molar-refractivity contribution in [1.29, 1.82) is 0 Å². The molecule has 0 spiro atoms. The maximum atomic E-state index is 15.0. The lowest BCUT2D eigenvalue weighted by Crippen LogP contribution is -2.41. The van der Waals surface area contributed by atoms with Crippen LogP contribution >= 0.6 is 0 Å². The molecular weight excluding hydrogens is 977 g/mol. The number of anilines is 2. The summed E-state index contributed by atoms with van der Waals surface area (Å²) in [5.74, 6) is 0.258. The van der Waals surface area contributed by atoms with Gasteiger partial charge in [-0.1, -0.05) is 296 Å². The fourth-order valence-corrected chi connectivity index (χ4v) is 10.9. The van der Waals surface area contributed by atoms with Gasteiger partial charge in [0, 0.05) is 0 Å². The van der Waals surface area contributed by atoms with Crippen molar-refractivity contribution < 1.29 is 28.7 Å². The molecule has 4 unspecified atom stereocenters. The molecule has 8 heteroatoms. The Kier molecular flexibility index (Phi) is 46.1.